The minimum absolute atomic E-state index is 0.0902. The van der Waals surface area contributed by atoms with Crippen LogP contribution in [0.5, 0.6) is 0 Å². The van der Waals surface area contributed by atoms with E-state index in [9.17, 15) is 4.79 Å². The summed E-state index contributed by atoms with van der Waals surface area (Å²) in [6.07, 6.45) is 1.77. The summed E-state index contributed by atoms with van der Waals surface area (Å²) < 4.78 is 0.955. The first-order chi connectivity index (χ1) is 10.7. The van der Waals surface area contributed by atoms with Gasteiger partial charge in [0.2, 0.25) is 0 Å². The Labute approximate surface area is 141 Å². The van der Waals surface area contributed by atoms with Gasteiger partial charge in [0.25, 0.3) is 5.91 Å². The van der Waals surface area contributed by atoms with Crippen molar-refractivity contribution in [2.45, 2.75) is 6.54 Å². The fourth-order valence-electron chi connectivity index (χ4n) is 2.12. The Morgan fingerprint density at radius 2 is 2.00 bits per heavy atom. The number of nitrogens with one attached hydrogen (secondary N) is 1. The number of benzene rings is 1. The lowest BCUT2D eigenvalue weighted by Crippen LogP contribution is -2.23. The number of hydrogen-bond donors (Lipinski definition) is 1. The lowest BCUT2D eigenvalue weighted by molar-refractivity contribution is 0.0951. The van der Waals surface area contributed by atoms with Gasteiger partial charge in [-0.25, -0.2) is 0 Å². The standard InChI is InChI=1S/C17H13BrN2OS/c18-15-5-3-12(4-6-15)17(21)20-10-13-2-1-8-19-16(13)14-7-9-22-11-14/h1-9,11H,10H2,(H,20,21). The molecule has 0 spiro atoms. The fraction of sp³-hybridized carbons (Fsp3) is 0.0588. The molecule has 0 aliphatic rings. The van der Waals surface area contributed by atoms with Crippen molar-refractivity contribution < 1.29 is 4.79 Å². The molecule has 1 amide bonds. The molecule has 1 N–H and O–H groups in total. The third kappa shape index (κ3) is 3.43. The molecule has 0 saturated heterocycles. The molecule has 3 aromatic rings. The normalized spacial score (nSPS) is 10.4. The molecule has 0 fully saturated rings. The summed E-state index contributed by atoms with van der Waals surface area (Å²) in [5.41, 5.74) is 3.65. The lowest BCUT2D eigenvalue weighted by Gasteiger charge is -2.09. The number of pyridine rings is 1. The largest absolute Gasteiger partial charge is 0.348 e. The minimum atomic E-state index is -0.0902. The number of nitrogens with zero attached hydrogens (tertiary/aromatic N) is 1. The van der Waals surface area contributed by atoms with Crippen molar-refractivity contribution in [3.63, 3.8) is 0 Å². The van der Waals surface area contributed by atoms with Gasteiger partial charge in [-0.15, -0.1) is 0 Å². The summed E-state index contributed by atoms with van der Waals surface area (Å²) in [5, 5.41) is 7.03. The van der Waals surface area contributed by atoms with Gasteiger partial charge in [-0.1, -0.05) is 22.0 Å². The van der Waals surface area contributed by atoms with Crippen molar-refractivity contribution >= 4 is 33.2 Å². The minimum Gasteiger partial charge on any atom is -0.348 e. The first kappa shape index (κ1) is 14.9. The number of amides is 1. The van der Waals surface area contributed by atoms with Crippen LogP contribution in [-0.4, -0.2) is 10.9 Å². The highest BCUT2D eigenvalue weighted by Crippen LogP contribution is 2.23. The monoisotopic (exact) mass is 372 g/mol. The number of carbonyl (C=O) groups is 1. The third-order valence-electron chi connectivity index (χ3n) is 3.23. The highest BCUT2D eigenvalue weighted by atomic mass is 79.9. The summed E-state index contributed by atoms with van der Waals surface area (Å²) in [6.45, 7) is 0.452. The molecule has 0 radical (unpaired) electrons. The molecular formula is C17H13BrN2OS. The maximum absolute atomic E-state index is 12.2. The SMILES string of the molecule is O=C(NCc1cccnc1-c1ccsc1)c1ccc(Br)cc1. The predicted molar refractivity (Wildman–Crippen MR) is 92.9 cm³/mol. The molecule has 0 unspecified atom stereocenters. The molecular weight excluding hydrogens is 360 g/mol. The van der Waals surface area contributed by atoms with Gasteiger partial charge in [0, 0.05) is 33.7 Å². The van der Waals surface area contributed by atoms with E-state index in [1.807, 2.05) is 35.7 Å². The quantitative estimate of drug-likeness (QED) is 0.732. The van der Waals surface area contributed by atoms with E-state index in [2.05, 4.69) is 31.6 Å². The summed E-state index contributed by atoms with van der Waals surface area (Å²) in [4.78, 5) is 16.6. The number of halogens is 1. The van der Waals surface area contributed by atoms with E-state index >= 15 is 0 Å². The molecule has 0 bridgehead atoms. The van der Waals surface area contributed by atoms with E-state index < -0.39 is 0 Å². The van der Waals surface area contributed by atoms with Gasteiger partial charge < -0.3 is 5.32 Å². The topological polar surface area (TPSA) is 42.0 Å². The Morgan fingerprint density at radius 1 is 1.18 bits per heavy atom. The molecule has 22 heavy (non-hydrogen) atoms. The number of hydrogen-bond acceptors (Lipinski definition) is 3. The van der Waals surface area contributed by atoms with Crippen LogP contribution >= 0.6 is 27.3 Å². The fourth-order valence-corrected chi connectivity index (χ4v) is 3.02. The van der Waals surface area contributed by atoms with Gasteiger partial charge >= 0.3 is 0 Å². The van der Waals surface area contributed by atoms with Crippen LogP contribution in [0.4, 0.5) is 0 Å². The molecule has 2 aromatic heterocycles. The smallest absolute Gasteiger partial charge is 0.251 e. The van der Waals surface area contributed by atoms with E-state index in [0.717, 1.165) is 21.3 Å². The molecule has 0 atom stereocenters. The molecule has 3 rings (SSSR count). The van der Waals surface area contributed by atoms with Crippen LogP contribution in [-0.2, 0) is 6.54 Å². The molecule has 2 heterocycles. The van der Waals surface area contributed by atoms with Gasteiger partial charge in [-0.2, -0.15) is 11.3 Å². The summed E-state index contributed by atoms with van der Waals surface area (Å²) in [6, 6.07) is 13.2. The first-order valence-electron chi connectivity index (χ1n) is 6.74. The van der Waals surface area contributed by atoms with Crippen molar-refractivity contribution in [3.05, 3.63) is 75.0 Å². The average molecular weight is 373 g/mol. The zero-order valence-corrected chi connectivity index (χ0v) is 14.0. The maximum Gasteiger partial charge on any atom is 0.251 e. The van der Waals surface area contributed by atoms with Crippen molar-refractivity contribution in [1.82, 2.24) is 10.3 Å². The Hall–Kier alpha value is -1.98. The molecule has 0 aliphatic carbocycles. The summed E-state index contributed by atoms with van der Waals surface area (Å²) in [5.74, 6) is -0.0902. The van der Waals surface area contributed by atoms with Gasteiger partial charge in [0.05, 0.1) is 5.69 Å². The molecule has 110 valence electrons. The van der Waals surface area contributed by atoms with Crippen LogP contribution in [0.1, 0.15) is 15.9 Å². The van der Waals surface area contributed by atoms with E-state index in [-0.39, 0.29) is 5.91 Å². The Balaban J connectivity index is 1.74. The first-order valence-corrected chi connectivity index (χ1v) is 8.48. The Bertz CT molecular complexity index is 770. The van der Waals surface area contributed by atoms with Crippen molar-refractivity contribution in [1.29, 1.82) is 0 Å². The maximum atomic E-state index is 12.2. The third-order valence-corrected chi connectivity index (χ3v) is 4.44. The molecule has 5 heteroatoms. The van der Waals surface area contributed by atoms with Crippen LogP contribution in [0.2, 0.25) is 0 Å². The van der Waals surface area contributed by atoms with Crippen molar-refractivity contribution in [2.24, 2.45) is 0 Å². The highest BCUT2D eigenvalue weighted by molar-refractivity contribution is 9.10. The Morgan fingerprint density at radius 3 is 2.73 bits per heavy atom. The predicted octanol–water partition coefficient (Wildman–Crippen LogP) is 4.50. The Kier molecular flexibility index (Phi) is 4.65. The molecule has 0 saturated carbocycles. The molecule has 1 aromatic carbocycles. The zero-order chi connectivity index (χ0) is 15.4. The number of rotatable bonds is 4. The van der Waals surface area contributed by atoms with Crippen molar-refractivity contribution in [2.75, 3.05) is 0 Å². The van der Waals surface area contributed by atoms with Gasteiger partial charge in [-0.3, -0.25) is 9.78 Å². The number of thiophene rings is 1. The van der Waals surface area contributed by atoms with Crippen molar-refractivity contribution in [3.8, 4) is 11.3 Å². The van der Waals surface area contributed by atoms with Crippen LogP contribution in [0.25, 0.3) is 11.3 Å². The lowest BCUT2D eigenvalue weighted by atomic mass is 10.1. The van der Waals surface area contributed by atoms with E-state index in [0.29, 0.717) is 12.1 Å². The van der Waals surface area contributed by atoms with Gasteiger partial charge in [0.1, 0.15) is 0 Å². The highest BCUT2D eigenvalue weighted by Gasteiger charge is 2.09. The van der Waals surface area contributed by atoms with Crippen LogP contribution in [0.3, 0.4) is 0 Å². The molecule has 0 aliphatic heterocycles. The average Bonchev–Trinajstić information content (AvgIpc) is 3.08. The van der Waals surface area contributed by atoms with Crippen LogP contribution in [0.15, 0.2) is 63.9 Å². The van der Waals surface area contributed by atoms with E-state index in [4.69, 9.17) is 0 Å². The molecule has 3 nitrogen and oxygen atoms in total. The van der Waals surface area contributed by atoms with Crippen LogP contribution < -0.4 is 5.32 Å². The second-order valence-electron chi connectivity index (χ2n) is 4.71. The van der Waals surface area contributed by atoms with Crippen LogP contribution in [0, 0.1) is 0 Å². The number of aromatic nitrogens is 1. The van der Waals surface area contributed by atoms with E-state index in [1.54, 1.807) is 29.7 Å². The number of carbonyl (C=O) groups excluding carboxylic acids is 1. The summed E-state index contributed by atoms with van der Waals surface area (Å²) >= 11 is 5.00. The zero-order valence-electron chi connectivity index (χ0n) is 11.6. The van der Waals surface area contributed by atoms with Gasteiger partial charge in [0.15, 0.2) is 0 Å². The second kappa shape index (κ2) is 6.85. The van der Waals surface area contributed by atoms with Gasteiger partial charge in [-0.05, 0) is 47.3 Å². The second-order valence-corrected chi connectivity index (χ2v) is 6.41. The summed E-state index contributed by atoms with van der Waals surface area (Å²) in [7, 11) is 0. The van der Waals surface area contributed by atoms with E-state index in [1.165, 1.54) is 0 Å².